The van der Waals surface area contributed by atoms with Crippen LogP contribution in [-0.4, -0.2) is 19.5 Å². The van der Waals surface area contributed by atoms with Gasteiger partial charge in [0.2, 0.25) is 0 Å². The second kappa shape index (κ2) is 15.7. The predicted molar refractivity (Wildman–Crippen MR) is 289 cm³/mol. The molecule has 3 heterocycles. The van der Waals surface area contributed by atoms with Gasteiger partial charge in [-0.05, 0) is 79.8 Å². The van der Waals surface area contributed by atoms with Crippen molar-refractivity contribution in [2.45, 2.75) is 0 Å². The second-order valence-electron chi connectivity index (χ2n) is 18.0. The third-order valence-corrected chi connectivity index (χ3v) is 14.0. The lowest BCUT2D eigenvalue weighted by Crippen LogP contribution is -1.99. The SMILES string of the molecule is c1ccc2cc(-c3cc(-c4ccc5ccccc5c4)nc(-c4ccc(-c5ccc(-c6nc7c(-n8c9ccccc9c9ccccc98)cccc7c7c6ccc6ccccc67)cc5)cc4)n3)ccc2c1. The Hall–Kier alpha value is -9.25. The summed E-state index contributed by atoms with van der Waals surface area (Å²) in [6.45, 7) is 0. The normalized spacial score (nSPS) is 11.8. The van der Waals surface area contributed by atoms with E-state index in [0.29, 0.717) is 5.82 Å². The number of aromatic nitrogens is 4. The van der Waals surface area contributed by atoms with Crippen molar-refractivity contribution in [3.05, 3.63) is 243 Å². The van der Waals surface area contributed by atoms with Gasteiger partial charge in [0.1, 0.15) is 0 Å². The van der Waals surface area contributed by atoms with Crippen molar-refractivity contribution in [3.63, 3.8) is 0 Å². The summed E-state index contributed by atoms with van der Waals surface area (Å²) in [7, 11) is 0. The van der Waals surface area contributed by atoms with Crippen LogP contribution in [0.5, 0.6) is 0 Å². The molecule has 14 aromatic rings. The molecule has 0 aliphatic heterocycles. The molecule has 0 bridgehead atoms. The van der Waals surface area contributed by atoms with Gasteiger partial charge in [-0.25, -0.2) is 15.0 Å². The van der Waals surface area contributed by atoms with E-state index in [2.05, 4.69) is 247 Å². The van der Waals surface area contributed by atoms with Crippen molar-refractivity contribution in [2.24, 2.45) is 0 Å². The van der Waals surface area contributed by atoms with Crippen LogP contribution in [0.15, 0.2) is 243 Å². The third-order valence-electron chi connectivity index (χ3n) is 14.0. The Morgan fingerprint density at radius 2 is 0.739 bits per heavy atom. The van der Waals surface area contributed by atoms with Gasteiger partial charge in [-0.1, -0.05) is 206 Å². The predicted octanol–water partition coefficient (Wildman–Crippen LogP) is 17.1. The van der Waals surface area contributed by atoms with E-state index in [-0.39, 0.29) is 0 Å². The quantitative estimate of drug-likeness (QED) is 0.156. The molecule has 0 aliphatic rings. The molecule has 0 N–H and O–H groups in total. The molecule has 0 spiro atoms. The average molecular weight is 877 g/mol. The molecular formula is C65H40N4. The van der Waals surface area contributed by atoms with E-state index in [4.69, 9.17) is 15.0 Å². The topological polar surface area (TPSA) is 43.6 Å². The highest BCUT2D eigenvalue weighted by Gasteiger charge is 2.20. The zero-order valence-electron chi connectivity index (χ0n) is 37.4. The summed E-state index contributed by atoms with van der Waals surface area (Å²) >= 11 is 0. The first-order valence-electron chi connectivity index (χ1n) is 23.5. The first-order valence-corrected chi connectivity index (χ1v) is 23.5. The number of pyridine rings is 1. The summed E-state index contributed by atoms with van der Waals surface area (Å²) in [6, 6.07) is 86.9. The molecule has 0 fully saturated rings. The van der Waals surface area contributed by atoms with Gasteiger partial charge in [0, 0.05) is 49.2 Å². The molecule has 0 amide bonds. The molecule has 0 radical (unpaired) electrons. The summed E-state index contributed by atoms with van der Waals surface area (Å²) < 4.78 is 2.39. The van der Waals surface area contributed by atoms with Crippen LogP contribution in [-0.2, 0) is 0 Å². The second-order valence-corrected chi connectivity index (χ2v) is 18.0. The van der Waals surface area contributed by atoms with Gasteiger partial charge in [0.25, 0.3) is 0 Å². The number of benzene rings is 11. The zero-order valence-corrected chi connectivity index (χ0v) is 37.4. The molecule has 0 atom stereocenters. The first kappa shape index (κ1) is 39.0. The van der Waals surface area contributed by atoms with Crippen LogP contribution in [0.25, 0.3) is 138 Å². The van der Waals surface area contributed by atoms with Crippen LogP contribution in [0.2, 0.25) is 0 Å². The van der Waals surface area contributed by atoms with E-state index in [1.807, 2.05) is 0 Å². The molecule has 0 aliphatic carbocycles. The Labute approximate surface area is 398 Å². The molecule has 14 rings (SSSR count). The van der Waals surface area contributed by atoms with Crippen molar-refractivity contribution < 1.29 is 0 Å². The van der Waals surface area contributed by atoms with Crippen LogP contribution in [0.1, 0.15) is 0 Å². The van der Waals surface area contributed by atoms with Crippen molar-refractivity contribution >= 4 is 75.8 Å². The van der Waals surface area contributed by atoms with Gasteiger partial charge in [0.05, 0.1) is 39.3 Å². The Bertz CT molecular complexity index is 4210. The molecule has 11 aromatic carbocycles. The summed E-state index contributed by atoms with van der Waals surface area (Å²) in [6.07, 6.45) is 0. The lowest BCUT2D eigenvalue weighted by Gasteiger charge is -2.16. The fraction of sp³-hybridized carbons (Fsp3) is 0. The molecular weight excluding hydrogens is 837 g/mol. The lowest BCUT2D eigenvalue weighted by molar-refractivity contribution is 1.18. The number of para-hydroxylation sites is 3. The van der Waals surface area contributed by atoms with Crippen molar-refractivity contribution in [3.8, 4) is 62.0 Å². The minimum absolute atomic E-state index is 0.688. The molecule has 4 nitrogen and oxygen atoms in total. The Morgan fingerprint density at radius 3 is 1.35 bits per heavy atom. The van der Waals surface area contributed by atoms with Crippen LogP contribution in [0.3, 0.4) is 0 Å². The summed E-state index contributed by atoms with van der Waals surface area (Å²) in [4.78, 5) is 16.1. The fourth-order valence-corrected chi connectivity index (χ4v) is 10.6. The highest BCUT2D eigenvalue weighted by molar-refractivity contribution is 6.24. The van der Waals surface area contributed by atoms with E-state index >= 15 is 0 Å². The van der Waals surface area contributed by atoms with Gasteiger partial charge in [-0.3, -0.25) is 0 Å². The third kappa shape index (κ3) is 6.49. The molecule has 0 saturated heterocycles. The number of nitrogens with zero attached hydrogens (tertiary/aromatic N) is 4. The number of hydrogen-bond acceptors (Lipinski definition) is 3. The first-order chi connectivity index (χ1) is 34.2. The lowest BCUT2D eigenvalue weighted by atomic mass is 9.94. The summed E-state index contributed by atoms with van der Waals surface area (Å²) in [5.41, 5.74) is 13.5. The highest BCUT2D eigenvalue weighted by Crippen LogP contribution is 2.41. The maximum atomic E-state index is 5.65. The van der Waals surface area contributed by atoms with Gasteiger partial charge >= 0.3 is 0 Å². The van der Waals surface area contributed by atoms with Crippen molar-refractivity contribution in [2.75, 3.05) is 0 Å². The minimum Gasteiger partial charge on any atom is -0.307 e. The van der Waals surface area contributed by atoms with E-state index in [0.717, 1.165) is 83.5 Å². The zero-order chi connectivity index (χ0) is 45.4. The fourth-order valence-electron chi connectivity index (χ4n) is 10.6. The largest absolute Gasteiger partial charge is 0.307 e. The standard InChI is InChI=1S/C65H40N4/c1-3-15-48-38-50(34-28-41(48)12-1)57-40-58(51-35-29-42-13-2-4-16-49(42)39-51)67-65(66-57)47-32-26-44(27-33-47)43-24-30-46(31-25-43)63-56-37-36-45-14-5-6-17-52(45)62(56)55-20-11-23-61(64(55)68-63)69-59-21-9-7-18-53(59)54-19-8-10-22-60(54)69/h1-40H. The van der Waals surface area contributed by atoms with E-state index in [1.54, 1.807) is 0 Å². The number of hydrogen-bond donors (Lipinski definition) is 0. The van der Waals surface area contributed by atoms with Gasteiger partial charge in [0.15, 0.2) is 5.82 Å². The molecule has 4 heteroatoms. The van der Waals surface area contributed by atoms with Crippen LogP contribution < -0.4 is 0 Å². The maximum Gasteiger partial charge on any atom is 0.160 e. The number of fused-ring (bicyclic) bond motifs is 10. The summed E-state index contributed by atoms with van der Waals surface area (Å²) in [5.74, 6) is 0.688. The van der Waals surface area contributed by atoms with E-state index in [1.165, 1.54) is 48.5 Å². The Kier molecular flexibility index (Phi) is 8.86. The molecule has 320 valence electrons. The van der Waals surface area contributed by atoms with Gasteiger partial charge < -0.3 is 4.57 Å². The number of rotatable bonds is 6. The van der Waals surface area contributed by atoms with Crippen LogP contribution in [0, 0.1) is 0 Å². The van der Waals surface area contributed by atoms with Crippen molar-refractivity contribution in [1.29, 1.82) is 0 Å². The smallest absolute Gasteiger partial charge is 0.160 e. The molecule has 0 saturated carbocycles. The Balaban J connectivity index is 0.871. The minimum atomic E-state index is 0.688. The molecule has 69 heavy (non-hydrogen) atoms. The molecule has 3 aromatic heterocycles. The average Bonchev–Trinajstić information content (AvgIpc) is 3.76. The maximum absolute atomic E-state index is 5.65. The van der Waals surface area contributed by atoms with E-state index in [9.17, 15) is 0 Å². The highest BCUT2D eigenvalue weighted by atomic mass is 15.0. The van der Waals surface area contributed by atoms with Gasteiger partial charge in [-0.2, -0.15) is 0 Å². The molecule has 0 unspecified atom stereocenters. The van der Waals surface area contributed by atoms with Crippen molar-refractivity contribution in [1.82, 2.24) is 19.5 Å². The van der Waals surface area contributed by atoms with E-state index < -0.39 is 0 Å². The van der Waals surface area contributed by atoms with Crippen LogP contribution in [0.4, 0.5) is 0 Å². The Morgan fingerprint density at radius 1 is 0.275 bits per heavy atom. The van der Waals surface area contributed by atoms with Crippen LogP contribution >= 0.6 is 0 Å². The summed E-state index contributed by atoms with van der Waals surface area (Å²) in [5, 5.41) is 13.1. The monoisotopic (exact) mass is 876 g/mol. The van der Waals surface area contributed by atoms with Gasteiger partial charge in [-0.15, -0.1) is 0 Å².